The number of aldehydes is 1. The van der Waals surface area contributed by atoms with Crippen molar-refractivity contribution < 1.29 is 14.3 Å². The van der Waals surface area contributed by atoms with Gasteiger partial charge >= 0.3 is 0 Å². The minimum absolute atomic E-state index is 0.416. The second-order valence-electron chi connectivity index (χ2n) is 2.95. The Hall–Kier alpha value is -1.77. The van der Waals surface area contributed by atoms with Crippen LogP contribution in [0.25, 0.3) is 6.08 Å². The van der Waals surface area contributed by atoms with Crippen molar-refractivity contribution in [2.75, 3.05) is 14.2 Å². The molecule has 0 aliphatic heterocycles. The van der Waals surface area contributed by atoms with Crippen LogP contribution in [0.2, 0.25) is 0 Å². The number of allylic oxidation sites excluding steroid dienone is 1. The Bertz CT molecular complexity index is 334. The van der Waals surface area contributed by atoms with Gasteiger partial charge in [0.05, 0.1) is 14.2 Å². The van der Waals surface area contributed by atoms with Gasteiger partial charge in [0.15, 0.2) is 0 Å². The normalized spacial score (nSPS) is 10.3. The standard InChI is InChI=1S/C12H14O3/c1-14-11-7-10(5-3-4-6-13)8-12(9-11)15-2/h3,5-9H,4H2,1-2H3/b5-3+. The summed E-state index contributed by atoms with van der Waals surface area (Å²) in [6.07, 6.45) is 4.92. The Labute approximate surface area is 89.3 Å². The van der Waals surface area contributed by atoms with E-state index in [9.17, 15) is 4.79 Å². The fraction of sp³-hybridized carbons (Fsp3) is 0.250. The lowest BCUT2D eigenvalue weighted by Crippen LogP contribution is -1.88. The Kier molecular flexibility index (Phi) is 4.41. The molecule has 0 saturated heterocycles. The van der Waals surface area contributed by atoms with E-state index in [0.717, 1.165) is 23.3 Å². The summed E-state index contributed by atoms with van der Waals surface area (Å²) in [7, 11) is 3.21. The first-order valence-corrected chi connectivity index (χ1v) is 4.63. The van der Waals surface area contributed by atoms with Gasteiger partial charge in [-0.3, -0.25) is 0 Å². The van der Waals surface area contributed by atoms with Gasteiger partial charge in [-0.2, -0.15) is 0 Å². The van der Waals surface area contributed by atoms with Gasteiger partial charge in [0.1, 0.15) is 17.8 Å². The molecule has 0 bridgehead atoms. The van der Waals surface area contributed by atoms with Crippen molar-refractivity contribution in [1.82, 2.24) is 0 Å². The highest BCUT2D eigenvalue weighted by atomic mass is 16.5. The van der Waals surface area contributed by atoms with Gasteiger partial charge in [-0.05, 0) is 17.7 Å². The number of hydrogen-bond donors (Lipinski definition) is 0. The molecule has 0 saturated carbocycles. The maximum absolute atomic E-state index is 10.1. The maximum Gasteiger partial charge on any atom is 0.123 e. The molecule has 0 heterocycles. The molecule has 0 atom stereocenters. The lowest BCUT2D eigenvalue weighted by Gasteiger charge is -2.05. The van der Waals surface area contributed by atoms with Crippen molar-refractivity contribution in [1.29, 1.82) is 0 Å². The first kappa shape index (κ1) is 11.3. The second kappa shape index (κ2) is 5.86. The van der Waals surface area contributed by atoms with E-state index in [-0.39, 0.29) is 0 Å². The SMILES string of the molecule is COc1cc(/C=C/CC=O)cc(OC)c1. The Morgan fingerprint density at radius 1 is 1.13 bits per heavy atom. The van der Waals surface area contributed by atoms with Gasteiger partial charge in [-0.25, -0.2) is 0 Å². The molecule has 0 fully saturated rings. The van der Waals surface area contributed by atoms with Crippen LogP contribution in [0.5, 0.6) is 11.5 Å². The van der Waals surface area contributed by atoms with Crippen molar-refractivity contribution in [3.63, 3.8) is 0 Å². The molecule has 3 nitrogen and oxygen atoms in total. The van der Waals surface area contributed by atoms with E-state index < -0.39 is 0 Å². The molecule has 1 aromatic rings. The van der Waals surface area contributed by atoms with E-state index in [4.69, 9.17) is 9.47 Å². The van der Waals surface area contributed by atoms with Gasteiger partial charge in [-0.1, -0.05) is 12.2 Å². The number of hydrogen-bond acceptors (Lipinski definition) is 3. The first-order valence-electron chi connectivity index (χ1n) is 4.63. The average Bonchev–Trinajstić information content (AvgIpc) is 2.29. The van der Waals surface area contributed by atoms with Gasteiger partial charge in [0.25, 0.3) is 0 Å². The summed E-state index contributed by atoms with van der Waals surface area (Å²) in [5.41, 5.74) is 0.952. The van der Waals surface area contributed by atoms with Crippen LogP contribution in [0.1, 0.15) is 12.0 Å². The zero-order chi connectivity index (χ0) is 11.1. The summed E-state index contributed by atoms with van der Waals surface area (Å²) in [5.74, 6) is 1.47. The lowest BCUT2D eigenvalue weighted by atomic mass is 10.2. The molecule has 0 aliphatic rings. The Morgan fingerprint density at radius 2 is 1.73 bits per heavy atom. The van der Waals surface area contributed by atoms with Gasteiger partial charge in [0, 0.05) is 12.5 Å². The third-order valence-corrected chi connectivity index (χ3v) is 1.92. The van der Waals surface area contributed by atoms with Gasteiger partial charge in [0.2, 0.25) is 0 Å². The third kappa shape index (κ3) is 3.46. The van der Waals surface area contributed by atoms with Crippen LogP contribution in [0.3, 0.4) is 0 Å². The van der Waals surface area contributed by atoms with Crippen molar-refractivity contribution in [2.24, 2.45) is 0 Å². The molecule has 15 heavy (non-hydrogen) atoms. The number of carbonyl (C=O) groups excluding carboxylic acids is 1. The number of carbonyl (C=O) groups is 1. The van der Waals surface area contributed by atoms with E-state index >= 15 is 0 Å². The van der Waals surface area contributed by atoms with Gasteiger partial charge in [-0.15, -0.1) is 0 Å². The highest BCUT2D eigenvalue weighted by Gasteiger charge is 1.98. The van der Waals surface area contributed by atoms with Crippen molar-refractivity contribution >= 4 is 12.4 Å². The molecular weight excluding hydrogens is 192 g/mol. The van der Waals surface area contributed by atoms with Crippen LogP contribution in [0.15, 0.2) is 24.3 Å². The highest BCUT2D eigenvalue weighted by Crippen LogP contribution is 2.23. The molecule has 0 radical (unpaired) electrons. The Morgan fingerprint density at radius 3 is 2.20 bits per heavy atom. The van der Waals surface area contributed by atoms with Crippen molar-refractivity contribution in [3.8, 4) is 11.5 Å². The number of benzene rings is 1. The predicted molar refractivity (Wildman–Crippen MR) is 59.3 cm³/mol. The largest absolute Gasteiger partial charge is 0.497 e. The van der Waals surface area contributed by atoms with E-state index in [0.29, 0.717) is 6.42 Å². The first-order chi connectivity index (χ1) is 7.30. The minimum Gasteiger partial charge on any atom is -0.497 e. The summed E-state index contributed by atoms with van der Waals surface area (Å²) in [5, 5.41) is 0. The number of methoxy groups -OCH3 is 2. The summed E-state index contributed by atoms with van der Waals surface area (Å²) in [4.78, 5) is 10.1. The highest BCUT2D eigenvalue weighted by molar-refractivity contribution is 5.60. The maximum atomic E-state index is 10.1. The van der Waals surface area contributed by atoms with Crippen LogP contribution in [-0.2, 0) is 4.79 Å². The Balaban J connectivity index is 2.91. The molecule has 0 amide bonds. The molecule has 0 aromatic heterocycles. The third-order valence-electron chi connectivity index (χ3n) is 1.92. The average molecular weight is 206 g/mol. The smallest absolute Gasteiger partial charge is 0.123 e. The quantitative estimate of drug-likeness (QED) is 0.693. The van der Waals surface area contributed by atoms with E-state index in [1.54, 1.807) is 26.4 Å². The molecule has 1 rings (SSSR count). The van der Waals surface area contributed by atoms with Crippen LogP contribution < -0.4 is 9.47 Å². The lowest BCUT2D eigenvalue weighted by molar-refractivity contribution is -0.107. The van der Waals surface area contributed by atoms with Crippen LogP contribution in [-0.4, -0.2) is 20.5 Å². The number of rotatable bonds is 5. The zero-order valence-electron chi connectivity index (χ0n) is 8.90. The summed E-state index contributed by atoms with van der Waals surface area (Å²) >= 11 is 0. The summed E-state index contributed by atoms with van der Waals surface area (Å²) in [6, 6.07) is 5.56. The fourth-order valence-corrected chi connectivity index (χ4v) is 1.19. The van der Waals surface area contributed by atoms with E-state index in [2.05, 4.69) is 0 Å². The molecule has 0 N–H and O–H groups in total. The second-order valence-corrected chi connectivity index (χ2v) is 2.95. The predicted octanol–water partition coefficient (Wildman–Crippen LogP) is 2.31. The summed E-state index contributed by atoms with van der Waals surface area (Å²) in [6.45, 7) is 0. The van der Waals surface area contributed by atoms with Crippen LogP contribution in [0.4, 0.5) is 0 Å². The molecule has 0 spiro atoms. The molecule has 3 heteroatoms. The minimum atomic E-state index is 0.416. The fourth-order valence-electron chi connectivity index (χ4n) is 1.19. The zero-order valence-corrected chi connectivity index (χ0v) is 8.90. The monoisotopic (exact) mass is 206 g/mol. The number of ether oxygens (including phenoxy) is 2. The van der Waals surface area contributed by atoms with E-state index in [1.807, 2.05) is 18.2 Å². The van der Waals surface area contributed by atoms with Crippen molar-refractivity contribution in [2.45, 2.75) is 6.42 Å². The van der Waals surface area contributed by atoms with Crippen LogP contribution >= 0.6 is 0 Å². The van der Waals surface area contributed by atoms with Gasteiger partial charge < -0.3 is 14.3 Å². The topological polar surface area (TPSA) is 35.5 Å². The molecule has 0 unspecified atom stereocenters. The molecule has 1 aromatic carbocycles. The molecule has 0 aliphatic carbocycles. The molecular formula is C12H14O3. The van der Waals surface area contributed by atoms with Crippen LogP contribution in [0, 0.1) is 0 Å². The summed E-state index contributed by atoms with van der Waals surface area (Å²) < 4.78 is 10.2. The van der Waals surface area contributed by atoms with E-state index in [1.165, 1.54) is 0 Å². The van der Waals surface area contributed by atoms with Crippen molar-refractivity contribution in [3.05, 3.63) is 29.8 Å². The molecule has 80 valence electrons.